The van der Waals surface area contributed by atoms with Crippen LogP contribution in [-0.4, -0.2) is 0 Å². The Kier molecular flexibility index (Phi) is 17.2. The van der Waals surface area contributed by atoms with E-state index in [1.807, 2.05) is 0 Å². The van der Waals surface area contributed by atoms with Crippen molar-refractivity contribution >= 4 is 0 Å². The SMILES string of the molecule is CCCCCCCCCCC(C)c1ccccc1C(C)CCCCCCCCCC. The lowest BCUT2D eigenvalue weighted by atomic mass is 9.84. The van der Waals surface area contributed by atoms with Crippen molar-refractivity contribution < 1.29 is 0 Å². The third kappa shape index (κ3) is 12.8. The minimum atomic E-state index is 0.710. The minimum absolute atomic E-state index is 0.710. The van der Waals surface area contributed by atoms with Crippen LogP contribution in [0.5, 0.6) is 0 Å². The standard InChI is InChI=1S/C30H54/c1-5-7-9-11-13-15-17-19-23-27(3)29-25-21-22-26-30(29)28(4)24-20-18-16-14-12-10-8-6-2/h21-22,25-28H,5-20,23-24H2,1-4H3. The number of hydrogen-bond donors (Lipinski definition) is 0. The molecule has 0 fully saturated rings. The second kappa shape index (κ2) is 18.9. The summed E-state index contributed by atoms with van der Waals surface area (Å²) in [4.78, 5) is 0. The second-order valence-electron chi connectivity index (χ2n) is 9.96. The fourth-order valence-corrected chi connectivity index (χ4v) is 4.89. The van der Waals surface area contributed by atoms with Crippen LogP contribution in [0, 0.1) is 0 Å². The minimum Gasteiger partial charge on any atom is -0.0654 e. The molecule has 30 heavy (non-hydrogen) atoms. The summed E-state index contributed by atoms with van der Waals surface area (Å²) in [5.41, 5.74) is 3.26. The molecule has 1 rings (SSSR count). The summed E-state index contributed by atoms with van der Waals surface area (Å²) >= 11 is 0. The van der Waals surface area contributed by atoms with Gasteiger partial charge in [-0.2, -0.15) is 0 Å². The van der Waals surface area contributed by atoms with E-state index in [-0.39, 0.29) is 0 Å². The maximum absolute atomic E-state index is 2.46. The van der Waals surface area contributed by atoms with E-state index in [0.717, 1.165) is 0 Å². The monoisotopic (exact) mass is 414 g/mol. The highest BCUT2D eigenvalue weighted by atomic mass is 14.2. The highest BCUT2D eigenvalue weighted by Gasteiger charge is 2.14. The van der Waals surface area contributed by atoms with Gasteiger partial charge in [-0.25, -0.2) is 0 Å². The van der Waals surface area contributed by atoms with Gasteiger partial charge >= 0.3 is 0 Å². The van der Waals surface area contributed by atoms with Crippen molar-refractivity contribution in [1.29, 1.82) is 0 Å². The van der Waals surface area contributed by atoms with Crippen LogP contribution in [0.1, 0.15) is 166 Å². The molecule has 0 amide bonds. The summed E-state index contributed by atoms with van der Waals surface area (Å²) in [6.45, 7) is 9.53. The predicted octanol–water partition coefficient (Wildman–Crippen LogP) is 11.0. The summed E-state index contributed by atoms with van der Waals surface area (Å²) in [5.74, 6) is 1.42. The molecule has 0 N–H and O–H groups in total. The van der Waals surface area contributed by atoms with E-state index in [1.165, 1.54) is 116 Å². The lowest BCUT2D eigenvalue weighted by Crippen LogP contribution is -2.03. The summed E-state index contributed by atoms with van der Waals surface area (Å²) < 4.78 is 0. The molecule has 2 unspecified atom stereocenters. The molecule has 0 spiro atoms. The zero-order valence-electron chi connectivity index (χ0n) is 21.2. The molecule has 0 heterocycles. The molecule has 0 aliphatic heterocycles. The summed E-state index contributed by atoms with van der Waals surface area (Å²) in [6, 6.07) is 9.34. The average molecular weight is 415 g/mol. The van der Waals surface area contributed by atoms with Gasteiger partial charge in [0.25, 0.3) is 0 Å². The molecule has 0 saturated heterocycles. The van der Waals surface area contributed by atoms with Gasteiger partial charge in [-0.1, -0.05) is 155 Å². The molecule has 0 aliphatic carbocycles. The fourth-order valence-electron chi connectivity index (χ4n) is 4.89. The van der Waals surface area contributed by atoms with Crippen LogP contribution in [0.25, 0.3) is 0 Å². The molecule has 0 radical (unpaired) electrons. The van der Waals surface area contributed by atoms with E-state index in [2.05, 4.69) is 52.0 Å². The average Bonchev–Trinajstić information content (AvgIpc) is 2.77. The first-order valence-electron chi connectivity index (χ1n) is 13.8. The van der Waals surface area contributed by atoms with E-state index < -0.39 is 0 Å². The number of benzene rings is 1. The summed E-state index contributed by atoms with van der Waals surface area (Å²) in [7, 11) is 0. The van der Waals surface area contributed by atoms with Crippen molar-refractivity contribution in [2.75, 3.05) is 0 Å². The lowest BCUT2D eigenvalue weighted by Gasteiger charge is -2.21. The molecule has 0 aromatic heterocycles. The third-order valence-corrected chi connectivity index (χ3v) is 7.04. The van der Waals surface area contributed by atoms with Crippen molar-refractivity contribution in [1.82, 2.24) is 0 Å². The molecule has 0 bridgehead atoms. The third-order valence-electron chi connectivity index (χ3n) is 7.04. The largest absolute Gasteiger partial charge is 0.0654 e. The van der Waals surface area contributed by atoms with E-state index in [0.29, 0.717) is 11.8 Å². The van der Waals surface area contributed by atoms with Crippen LogP contribution in [0.4, 0.5) is 0 Å². The number of hydrogen-bond acceptors (Lipinski definition) is 0. The maximum Gasteiger partial charge on any atom is -0.0188 e. The molecule has 0 aliphatic rings. The normalized spacial score (nSPS) is 13.5. The lowest BCUT2D eigenvalue weighted by molar-refractivity contribution is 0.530. The predicted molar refractivity (Wildman–Crippen MR) is 138 cm³/mol. The maximum atomic E-state index is 2.46. The molecular weight excluding hydrogens is 360 g/mol. The Balaban J connectivity index is 2.27. The highest BCUT2D eigenvalue weighted by molar-refractivity contribution is 5.32. The van der Waals surface area contributed by atoms with Gasteiger partial charge in [0.15, 0.2) is 0 Å². The Labute approximate surface area is 190 Å². The Bertz CT molecular complexity index is 444. The van der Waals surface area contributed by atoms with Crippen molar-refractivity contribution in [3.05, 3.63) is 35.4 Å². The molecule has 174 valence electrons. The Morgan fingerprint density at radius 3 is 1.10 bits per heavy atom. The Hall–Kier alpha value is -0.780. The number of unbranched alkanes of at least 4 members (excludes halogenated alkanes) is 14. The summed E-state index contributed by atoms with van der Waals surface area (Å²) in [5, 5.41) is 0. The Morgan fingerprint density at radius 1 is 0.467 bits per heavy atom. The Morgan fingerprint density at radius 2 is 0.767 bits per heavy atom. The molecule has 1 aromatic carbocycles. The van der Waals surface area contributed by atoms with Gasteiger partial charge in [0.1, 0.15) is 0 Å². The van der Waals surface area contributed by atoms with Crippen molar-refractivity contribution in [2.45, 2.75) is 155 Å². The van der Waals surface area contributed by atoms with Crippen molar-refractivity contribution in [2.24, 2.45) is 0 Å². The van der Waals surface area contributed by atoms with E-state index >= 15 is 0 Å². The van der Waals surface area contributed by atoms with Gasteiger partial charge in [0, 0.05) is 0 Å². The van der Waals surface area contributed by atoms with Gasteiger partial charge < -0.3 is 0 Å². The zero-order valence-corrected chi connectivity index (χ0v) is 21.2. The molecule has 0 nitrogen and oxygen atoms in total. The molecule has 2 atom stereocenters. The quantitative estimate of drug-likeness (QED) is 0.186. The van der Waals surface area contributed by atoms with Gasteiger partial charge in [0.05, 0.1) is 0 Å². The van der Waals surface area contributed by atoms with E-state index in [9.17, 15) is 0 Å². The van der Waals surface area contributed by atoms with Gasteiger partial charge in [-0.05, 0) is 35.8 Å². The molecule has 0 heteroatoms. The highest BCUT2D eigenvalue weighted by Crippen LogP contribution is 2.32. The summed E-state index contributed by atoms with van der Waals surface area (Å²) in [6.07, 6.45) is 25.5. The van der Waals surface area contributed by atoms with E-state index in [1.54, 1.807) is 11.1 Å². The van der Waals surface area contributed by atoms with Crippen LogP contribution >= 0.6 is 0 Å². The first-order valence-corrected chi connectivity index (χ1v) is 13.8. The molecule has 0 saturated carbocycles. The topological polar surface area (TPSA) is 0 Å². The van der Waals surface area contributed by atoms with E-state index in [4.69, 9.17) is 0 Å². The first-order chi connectivity index (χ1) is 14.7. The first kappa shape index (κ1) is 27.3. The van der Waals surface area contributed by atoms with Crippen molar-refractivity contribution in [3.63, 3.8) is 0 Å². The van der Waals surface area contributed by atoms with Crippen LogP contribution < -0.4 is 0 Å². The number of rotatable bonds is 20. The van der Waals surface area contributed by atoms with Gasteiger partial charge in [-0.15, -0.1) is 0 Å². The zero-order chi connectivity index (χ0) is 21.9. The van der Waals surface area contributed by atoms with Crippen LogP contribution in [0.15, 0.2) is 24.3 Å². The van der Waals surface area contributed by atoms with Gasteiger partial charge in [0.2, 0.25) is 0 Å². The van der Waals surface area contributed by atoms with Crippen LogP contribution in [0.3, 0.4) is 0 Å². The van der Waals surface area contributed by atoms with Crippen molar-refractivity contribution in [3.8, 4) is 0 Å². The van der Waals surface area contributed by atoms with Crippen LogP contribution in [-0.2, 0) is 0 Å². The second-order valence-corrected chi connectivity index (χ2v) is 9.96. The van der Waals surface area contributed by atoms with Crippen LogP contribution in [0.2, 0.25) is 0 Å². The van der Waals surface area contributed by atoms with Gasteiger partial charge in [-0.3, -0.25) is 0 Å². The molecule has 1 aromatic rings. The molecular formula is C30H54. The smallest absolute Gasteiger partial charge is 0.0188 e. The fraction of sp³-hybridized carbons (Fsp3) is 0.800.